The average molecular weight is 370 g/mol. The van der Waals surface area contributed by atoms with Crippen LogP contribution in [0.15, 0.2) is 36.4 Å². The standard InChI is InChI=1S/C20H18O7/c1-3-14-16(25-9-23-14)5-11(1)19-13-7-22-20(27-18(13)8-21-19)12-2-4-15-17(6-12)26-10-24-15/h1-6,13,18-20H,7-10H2. The molecule has 2 fully saturated rings. The third-order valence-electron chi connectivity index (χ3n) is 5.44. The minimum absolute atomic E-state index is 0.0235. The fourth-order valence-corrected chi connectivity index (χ4v) is 4.04. The third kappa shape index (κ3) is 2.54. The van der Waals surface area contributed by atoms with Crippen molar-refractivity contribution in [3.8, 4) is 23.0 Å². The van der Waals surface area contributed by atoms with Gasteiger partial charge in [-0.2, -0.15) is 0 Å². The first kappa shape index (κ1) is 15.6. The quantitative estimate of drug-likeness (QED) is 0.805. The van der Waals surface area contributed by atoms with Crippen molar-refractivity contribution in [2.45, 2.75) is 18.5 Å². The van der Waals surface area contributed by atoms with Crippen LogP contribution < -0.4 is 18.9 Å². The molecule has 0 aliphatic carbocycles. The summed E-state index contributed by atoms with van der Waals surface area (Å²) in [6.45, 7) is 1.61. The maximum absolute atomic E-state index is 6.20. The molecular weight excluding hydrogens is 352 g/mol. The Bertz CT molecular complexity index is 883. The normalized spacial score (nSPS) is 30.4. The van der Waals surface area contributed by atoms with E-state index >= 15 is 0 Å². The van der Waals surface area contributed by atoms with Crippen molar-refractivity contribution in [2.75, 3.05) is 26.8 Å². The lowest BCUT2D eigenvalue weighted by Gasteiger charge is -2.33. The summed E-state index contributed by atoms with van der Waals surface area (Å²) < 4.78 is 40.0. The molecule has 6 rings (SSSR count). The molecule has 0 spiro atoms. The Hall–Kier alpha value is -2.48. The average Bonchev–Trinajstić information content (AvgIpc) is 3.44. The highest BCUT2D eigenvalue weighted by molar-refractivity contribution is 5.46. The Kier molecular flexibility index (Phi) is 3.47. The second-order valence-electron chi connectivity index (χ2n) is 6.98. The van der Waals surface area contributed by atoms with E-state index in [1.807, 2.05) is 36.4 Å². The smallest absolute Gasteiger partial charge is 0.231 e. The highest BCUT2D eigenvalue weighted by Gasteiger charge is 2.44. The van der Waals surface area contributed by atoms with Gasteiger partial charge >= 0.3 is 0 Å². The van der Waals surface area contributed by atoms with E-state index in [-0.39, 0.29) is 31.7 Å². The van der Waals surface area contributed by atoms with Crippen LogP contribution in [0.1, 0.15) is 23.5 Å². The number of hydrogen-bond donors (Lipinski definition) is 0. The number of fused-ring (bicyclic) bond motifs is 3. The summed E-state index contributed by atoms with van der Waals surface area (Å²) in [5.41, 5.74) is 1.98. The van der Waals surface area contributed by atoms with E-state index in [1.54, 1.807) is 0 Å². The first-order valence-electron chi connectivity index (χ1n) is 9.03. The molecule has 4 unspecified atom stereocenters. The van der Waals surface area contributed by atoms with Crippen LogP contribution in [0, 0.1) is 5.92 Å². The number of hydrogen-bond acceptors (Lipinski definition) is 7. The molecule has 4 heterocycles. The van der Waals surface area contributed by atoms with Crippen LogP contribution in [-0.4, -0.2) is 32.9 Å². The molecule has 4 aliphatic heterocycles. The molecule has 0 radical (unpaired) electrons. The van der Waals surface area contributed by atoms with E-state index in [4.69, 9.17) is 33.2 Å². The molecule has 0 aromatic heterocycles. The topological polar surface area (TPSA) is 64.6 Å². The molecule has 7 nitrogen and oxygen atoms in total. The largest absolute Gasteiger partial charge is 0.454 e. The number of benzene rings is 2. The van der Waals surface area contributed by atoms with Crippen LogP contribution in [0.25, 0.3) is 0 Å². The Morgan fingerprint density at radius 2 is 1.33 bits per heavy atom. The molecule has 4 atom stereocenters. The van der Waals surface area contributed by atoms with Crippen LogP contribution in [-0.2, 0) is 14.2 Å². The zero-order valence-electron chi connectivity index (χ0n) is 14.5. The van der Waals surface area contributed by atoms with Gasteiger partial charge in [-0.15, -0.1) is 0 Å². The highest BCUT2D eigenvalue weighted by atomic mass is 16.7. The number of rotatable bonds is 2. The van der Waals surface area contributed by atoms with Crippen molar-refractivity contribution in [3.63, 3.8) is 0 Å². The van der Waals surface area contributed by atoms with Crippen LogP contribution in [0.5, 0.6) is 23.0 Å². The van der Waals surface area contributed by atoms with Crippen molar-refractivity contribution in [2.24, 2.45) is 5.92 Å². The summed E-state index contributed by atoms with van der Waals surface area (Å²) in [6, 6.07) is 11.7. The molecule has 0 amide bonds. The van der Waals surface area contributed by atoms with E-state index in [9.17, 15) is 0 Å². The fraction of sp³-hybridized carbons (Fsp3) is 0.400. The zero-order chi connectivity index (χ0) is 17.8. The second-order valence-corrected chi connectivity index (χ2v) is 6.98. The van der Waals surface area contributed by atoms with Gasteiger partial charge < -0.3 is 33.2 Å². The Labute approximate surface area is 155 Å². The molecule has 0 saturated carbocycles. The third-order valence-corrected chi connectivity index (χ3v) is 5.44. The number of ether oxygens (including phenoxy) is 7. The summed E-state index contributed by atoms with van der Waals surface area (Å²) >= 11 is 0. The van der Waals surface area contributed by atoms with E-state index < -0.39 is 6.29 Å². The van der Waals surface area contributed by atoms with Crippen molar-refractivity contribution in [3.05, 3.63) is 47.5 Å². The molecule has 0 N–H and O–H groups in total. The molecule has 2 aromatic carbocycles. The van der Waals surface area contributed by atoms with Gasteiger partial charge in [0.1, 0.15) is 0 Å². The van der Waals surface area contributed by atoms with Crippen LogP contribution in [0.4, 0.5) is 0 Å². The van der Waals surface area contributed by atoms with Gasteiger partial charge in [0.2, 0.25) is 13.6 Å². The lowest BCUT2D eigenvalue weighted by atomic mass is 9.93. The van der Waals surface area contributed by atoms with Gasteiger partial charge in [-0.25, -0.2) is 0 Å². The zero-order valence-corrected chi connectivity index (χ0v) is 14.5. The summed E-state index contributed by atoms with van der Waals surface area (Å²) in [7, 11) is 0. The molecular formula is C20H18O7. The molecule has 27 heavy (non-hydrogen) atoms. The van der Waals surface area contributed by atoms with Crippen LogP contribution in [0.3, 0.4) is 0 Å². The minimum atomic E-state index is -0.431. The summed E-state index contributed by atoms with van der Waals surface area (Å²) in [4.78, 5) is 0. The van der Waals surface area contributed by atoms with E-state index in [1.165, 1.54) is 0 Å². The fourth-order valence-electron chi connectivity index (χ4n) is 4.04. The van der Waals surface area contributed by atoms with E-state index in [0.29, 0.717) is 13.2 Å². The molecule has 0 bridgehead atoms. The van der Waals surface area contributed by atoms with Gasteiger partial charge in [0.15, 0.2) is 29.3 Å². The van der Waals surface area contributed by atoms with Gasteiger partial charge in [-0.3, -0.25) is 0 Å². The Balaban J connectivity index is 1.20. The van der Waals surface area contributed by atoms with Gasteiger partial charge in [-0.05, 0) is 35.9 Å². The van der Waals surface area contributed by atoms with Crippen molar-refractivity contribution < 1.29 is 33.2 Å². The first-order chi connectivity index (χ1) is 13.3. The Morgan fingerprint density at radius 1 is 0.667 bits per heavy atom. The summed E-state index contributed by atoms with van der Waals surface area (Å²) in [5.74, 6) is 3.14. The SMILES string of the molecule is c1cc2c(cc1C1OCC3C(COC3c3ccc4c(c3)OCO4)O1)OCO2. The lowest BCUT2D eigenvalue weighted by Crippen LogP contribution is -2.35. The van der Waals surface area contributed by atoms with Gasteiger partial charge in [0.05, 0.1) is 25.4 Å². The molecule has 2 saturated heterocycles. The maximum Gasteiger partial charge on any atom is 0.231 e. The summed E-state index contributed by atoms with van der Waals surface area (Å²) in [5, 5.41) is 0. The van der Waals surface area contributed by atoms with Crippen molar-refractivity contribution >= 4 is 0 Å². The minimum Gasteiger partial charge on any atom is -0.454 e. The van der Waals surface area contributed by atoms with Crippen molar-refractivity contribution in [1.82, 2.24) is 0 Å². The lowest BCUT2D eigenvalue weighted by molar-refractivity contribution is -0.232. The van der Waals surface area contributed by atoms with Crippen LogP contribution >= 0.6 is 0 Å². The van der Waals surface area contributed by atoms with Gasteiger partial charge in [-0.1, -0.05) is 6.07 Å². The second kappa shape index (κ2) is 6.02. The predicted molar refractivity (Wildman–Crippen MR) is 90.9 cm³/mol. The van der Waals surface area contributed by atoms with Gasteiger partial charge in [0, 0.05) is 11.5 Å². The summed E-state index contributed by atoms with van der Waals surface area (Å²) in [6.07, 6.45) is -0.536. The van der Waals surface area contributed by atoms with Crippen molar-refractivity contribution in [1.29, 1.82) is 0 Å². The molecule has 140 valence electrons. The Morgan fingerprint density at radius 3 is 2.11 bits per heavy atom. The van der Waals surface area contributed by atoms with Crippen LogP contribution in [0.2, 0.25) is 0 Å². The van der Waals surface area contributed by atoms with Gasteiger partial charge in [0.25, 0.3) is 0 Å². The van der Waals surface area contributed by atoms with E-state index in [2.05, 4.69) is 0 Å². The predicted octanol–water partition coefficient (Wildman–Crippen LogP) is 2.95. The monoisotopic (exact) mass is 370 g/mol. The van der Waals surface area contributed by atoms with E-state index in [0.717, 1.165) is 34.1 Å². The molecule has 2 aromatic rings. The first-order valence-corrected chi connectivity index (χ1v) is 9.03. The molecule has 4 aliphatic rings. The maximum atomic E-state index is 6.20. The molecule has 7 heteroatoms. The highest BCUT2D eigenvalue weighted by Crippen LogP contribution is 2.45.